The van der Waals surface area contributed by atoms with Crippen molar-refractivity contribution in [3.8, 4) is 0 Å². The molecule has 0 aromatic heterocycles. The predicted octanol–water partition coefficient (Wildman–Crippen LogP) is 2.83. The van der Waals surface area contributed by atoms with E-state index in [1.165, 1.54) is 6.08 Å². The Kier molecular flexibility index (Phi) is 3.98. The van der Waals surface area contributed by atoms with Crippen molar-refractivity contribution in [3.05, 3.63) is 40.8 Å². The minimum Gasteiger partial charge on any atom is -0.207 e. The number of hydrogen-bond donors (Lipinski definition) is 0. The van der Waals surface area contributed by atoms with Gasteiger partial charge in [0, 0.05) is 10.7 Å². The van der Waals surface area contributed by atoms with Gasteiger partial charge < -0.3 is 0 Å². The molecule has 0 saturated carbocycles. The zero-order valence-corrected chi connectivity index (χ0v) is 9.48. The zero-order valence-electron chi connectivity index (χ0n) is 7.15. The summed E-state index contributed by atoms with van der Waals surface area (Å²) >= 11 is 5.47. The van der Waals surface area contributed by atoms with Crippen molar-refractivity contribution in [2.24, 2.45) is 0 Å². The number of rotatable bonds is 3. The van der Waals surface area contributed by atoms with E-state index >= 15 is 0 Å². The van der Waals surface area contributed by atoms with Gasteiger partial charge in [-0.2, -0.15) is 0 Å². The predicted molar refractivity (Wildman–Crippen MR) is 59.9 cm³/mol. The van der Waals surface area contributed by atoms with Gasteiger partial charge in [-0.15, -0.1) is 11.6 Å². The Hall–Kier alpha value is -0.510. The molecule has 2 nitrogen and oxygen atoms in total. The van der Waals surface area contributed by atoms with E-state index in [0.717, 1.165) is 5.56 Å². The summed E-state index contributed by atoms with van der Waals surface area (Å²) in [7, 11) is 1.46. The summed E-state index contributed by atoms with van der Waals surface area (Å²) in [6.07, 6.45) is 1.45. The molecule has 14 heavy (non-hydrogen) atoms. The van der Waals surface area contributed by atoms with Gasteiger partial charge in [0.1, 0.15) is 0 Å². The smallest absolute Gasteiger partial charge is 0.207 e. The van der Waals surface area contributed by atoms with Crippen LogP contribution in [0, 0.1) is 0 Å². The lowest BCUT2D eigenvalue weighted by molar-refractivity contribution is 0.615. The van der Waals surface area contributed by atoms with E-state index in [1.54, 1.807) is 24.3 Å². The molecule has 1 rings (SSSR count). The highest BCUT2D eigenvalue weighted by Crippen LogP contribution is 2.17. The van der Waals surface area contributed by atoms with Gasteiger partial charge >= 0.3 is 0 Å². The third-order valence-electron chi connectivity index (χ3n) is 1.57. The van der Waals surface area contributed by atoms with Crippen LogP contribution in [0.15, 0.2) is 35.2 Å². The van der Waals surface area contributed by atoms with E-state index in [4.69, 9.17) is 22.3 Å². The van der Waals surface area contributed by atoms with E-state index in [0.29, 0.717) is 0 Å². The molecule has 0 aliphatic rings. The molecule has 0 saturated heterocycles. The number of allylic oxidation sites excluding steroid dienone is 1. The lowest BCUT2D eigenvalue weighted by Gasteiger charge is -1.98. The average molecular weight is 251 g/mol. The molecule has 0 amide bonds. The molecule has 0 aliphatic carbocycles. The lowest BCUT2D eigenvalue weighted by Crippen LogP contribution is -1.96. The molecule has 1 aromatic rings. The van der Waals surface area contributed by atoms with Crippen molar-refractivity contribution in [1.82, 2.24) is 0 Å². The topological polar surface area (TPSA) is 34.1 Å². The molecule has 0 fully saturated rings. The third-order valence-corrected chi connectivity index (χ3v) is 3.50. The van der Waals surface area contributed by atoms with Crippen LogP contribution in [0.4, 0.5) is 0 Å². The first-order valence-electron chi connectivity index (χ1n) is 3.80. The maximum Gasteiger partial charge on any atom is 0.258 e. The molecule has 0 atom stereocenters. The SMILES string of the molecule is O=S(=O)(Cl)/C(=C/c1ccccc1)CCl. The van der Waals surface area contributed by atoms with Crippen LogP contribution in [0.3, 0.4) is 0 Å². The molecule has 0 bridgehead atoms. The Bertz CT molecular complexity index is 423. The maximum atomic E-state index is 11.0. The van der Waals surface area contributed by atoms with Gasteiger partial charge in [0.05, 0.1) is 10.8 Å². The second kappa shape index (κ2) is 4.82. The average Bonchev–Trinajstić information content (AvgIpc) is 2.14. The third kappa shape index (κ3) is 3.33. The molecule has 0 N–H and O–H groups in total. The first-order chi connectivity index (χ1) is 6.54. The summed E-state index contributed by atoms with van der Waals surface area (Å²) in [5, 5.41) is 0. The lowest BCUT2D eigenvalue weighted by atomic mass is 10.2. The van der Waals surface area contributed by atoms with Crippen LogP contribution < -0.4 is 0 Å². The highest BCUT2D eigenvalue weighted by molar-refractivity contribution is 8.17. The molecule has 1 aromatic carbocycles. The van der Waals surface area contributed by atoms with E-state index in [9.17, 15) is 8.42 Å². The van der Waals surface area contributed by atoms with Crippen LogP contribution >= 0.6 is 22.3 Å². The highest BCUT2D eigenvalue weighted by Gasteiger charge is 2.12. The summed E-state index contributed by atoms with van der Waals surface area (Å²) in [6.45, 7) is 0. The zero-order chi connectivity index (χ0) is 10.6. The second-order valence-corrected chi connectivity index (χ2v) is 5.48. The van der Waals surface area contributed by atoms with Gasteiger partial charge in [0.25, 0.3) is 9.05 Å². The van der Waals surface area contributed by atoms with E-state index in [1.807, 2.05) is 6.07 Å². The maximum absolute atomic E-state index is 11.0. The van der Waals surface area contributed by atoms with Crippen LogP contribution in [0.1, 0.15) is 5.56 Å². The Morgan fingerprint density at radius 1 is 1.29 bits per heavy atom. The Labute approximate surface area is 92.6 Å². The number of hydrogen-bond acceptors (Lipinski definition) is 2. The molecular formula is C9H8Cl2O2S. The molecular weight excluding hydrogens is 243 g/mol. The molecule has 0 heterocycles. The van der Waals surface area contributed by atoms with Crippen LogP contribution in [0.2, 0.25) is 0 Å². The fraction of sp³-hybridized carbons (Fsp3) is 0.111. The van der Waals surface area contributed by atoms with Gasteiger partial charge in [0.15, 0.2) is 0 Å². The molecule has 0 radical (unpaired) electrons. The van der Waals surface area contributed by atoms with Crippen molar-refractivity contribution < 1.29 is 8.42 Å². The van der Waals surface area contributed by atoms with Crippen LogP contribution in [-0.4, -0.2) is 14.3 Å². The minimum absolute atomic E-state index is 0.00651. The van der Waals surface area contributed by atoms with E-state index in [2.05, 4.69) is 0 Å². The monoisotopic (exact) mass is 250 g/mol. The molecule has 76 valence electrons. The van der Waals surface area contributed by atoms with E-state index < -0.39 is 9.05 Å². The summed E-state index contributed by atoms with van der Waals surface area (Å²) < 4.78 is 22.0. The van der Waals surface area contributed by atoms with Gasteiger partial charge in [-0.05, 0) is 11.6 Å². The quantitative estimate of drug-likeness (QED) is 0.611. The van der Waals surface area contributed by atoms with Crippen molar-refractivity contribution in [2.75, 3.05) is 5.88 Å². The normalized spacial score (nSPS) is 12.9. The van der Waals surface area contributed by atoms with Gasteiger partial charge in [-0.3, -0.25) is 0 Å². The molecule has 0 unspecified atom stereocenters. The minimum atomic E-state index is -3.71. The van der Waals surface area contributed by atoms with Crippen LogP contribution in [0.25, 0.3) is 6.08 Å². The van der Waals surface area contributed by atoms with Crippen molar-refractivity contribution >= 4 is 37.4 Å². The Balaban J connectivity index is 3.09. The van der Waals surface area contributed by atoms with Gasteiger partial charge in [0.2, 0.25) is 0 Å². The van der Waals surface area contributed by atoms with Crippen molar-refractivity contribution in [1.29, 1.82) is 0 Å². The summed E-state index contributed by atoms with van der Waals surface area (Å²) in [5.41, 5.74) is 0.757. The first kappa shape index (κ1) is 11.6. The molecule has 0 spiro atoms. The largest absolute Gasteiger partial charge is 0.258 e. The van der Waals surface area contributed by atoms with Crippen molar-refractivity contribution in [2.45, 2.75) is 0 Å². The first-order valence-corrected chi connectivity index (χ1v) is 6.64. The summed E-state index contributed by atoms with van der Waals surface area (Å²) in [6, 6.07) is 8.99. The van der Waals surface area contributed by atoms with Crippen molar-refractivity contribution in [3.63, 3.8) is 0 Å². The van der Waals surface area contributed by atoms with E-state index in [-0.39, 0.29) is 10.8 Å². The Morgan fingerprint density at radius 2 is 1.86 bits per heavy atom. The number of benzene rings is 1. The van der Waals surface area contributed by atoms with Gasteiger partial charge in [-0.1, -0.05) is 30.3 Å². The molecule has 0 aliphatic heterocycles. The fourth-order valence-electron chi connectivity index (χ4n) is 0.909. The fourth-order valence-corrected chi connectivity index (χ4v) is 2.29. The Morgan fingerprint density at radius 3 is 2.29 bits per heavy atom. The standard InChI is InChI=1S/C9H8Cl2O2S/c10-7-9(14(11,12)13)6-8-4-2-1-3-5-8/h1-6H,7H2/b9-6+. The second-order valence-electron chi connectivity index (χ2n) is 2.59. The van der Waals surface area contributed by atoms with Crippen LogP contribution in [-0.2, 0) is 9.05 Å². The highest BCUT2D eigenvalue weighted by atomic mass is 35.7. The number of halogens is 2. The summed E-state index contributed by atoms with van der Waals surface area (Å²) in [5.74, 6) is -0.124. The molecule has 5 heteroatoms. The van der Waals surface area contributed by atoms with Crippen LogP contribution in [0.5, 0.6) is 0 Å². The number of alkyl halides is 1. The summed E-state index contributed by atoms with van der Waals surface area (Å²) in [4.78, 5) is 0.00651. The van der Waals surface area contributed by atoms with Gasteiger partial charge in [-0.25, -0.2) is 8.42 Å².